The van der Waals surface area contributed by atoms with Crippen LogP contribution in [-0.4, -0.2) is 7.05 Å². The summed E-state index contributed by atoms with van der Waals surface area (Å²) in [7, 11) is 2.07. The zero-order valence-corrected chi connectivity index (χ0v) is 11.2. The lowest BCUT2D eigenvalue weighted by molar-refractivity contribution is 0.593. The Kier molecular flexibility index (Phi) is 4.01. The highest BCUT2D eigenvalue weighted by Gasteiger charge is 2.16. The molecule has 1 aliphatic carbocycles. The van der Waals surface area contributed by atoms with Crippen LogP contribution >= 0.6 is 0 Å². The van der Waals surface area contributed by atoms with E-state index >= 15 is 0 Å². The molecule has 17 heavy (non-hydrogen) atoms. The predicted octanol–water partition coefficient (Wildman–Crippen LogP) is 4.06. The number of allylic oxidation sites excluding steroid dienone is 1. The van der Waals surface area contributed by atoms with E-state index in [-0.39, 0.29) is 0 Å². The van der Waals surface area contributed by atoms with E-state index in [0.717, 1.165) is 0 Å². The van der Waals surface area contributed by atoms with Crippen LogP contribution in [-0.2, 0) is 0 Å². The fourth-order valence-corrected chi connectivity index (χ4v) is 2.87. The minimum Gasteiger partial charge on any atom is -0.310 e. The molecule has 1 N–H and O–H groups in total. The SMILES string of the molecule is CNC(C1=CCCCC1)c1cc(C)cc(C)c1. The minimum atomic E-state index is 0.411. The van der Waals surface area contributed by atoms with Gasteiger partial charge in [0.15, 0.2) is 0 Å². The van der Waals surface area contributed by atoms with Gasteiger partial charge in [-0.1, -0.05) is 41.0 Å². The Labute approximate surface area is 105 Å². The zero-order valence-electron chi connectivity index (χ0n) is 11.2. The second-order valence-corrected chi connectivity index (χ2v) is 5.17. The number of hydrogen-bond acceptors (Lipinski definition) is 1. The highest BCUT2D eigenvalue weighted by Crippen LogP contribution is 2.30. The van der Waals surface area contributed by atoms with Gasteiger partial charge in [-0.15, -0.1) is 0 Å². The molecule has 2 rings (SSSR count). The van der Waals surface area contributed by atoms with Gasteiger partial charge in [0.25, 0.3) is 0 Å². The van der Waals surface area contributed by atoms with Crippen LogP contribution in [0, 0.1) is 13.8 Å². The van der Waals surface area contributed by atoms with Crippen molar-refractivity contribution in [1.82, 2.24) is 5.32 Å². The van der Waals surface area contributed by atoms with E-state index < -0.39 is 0 Å². The van der Waals surface area contributed by atoms with Crippen molar-refractivity contribution in [3.8, 4) is 0 Å². The van der Waals surface area contributed by atoms with Crippen LogP contribution in [0.4, 0.5) is 0 Å². The van der Waals surface area contributed by atoms with Crippen LogP contribution in [0.3, 0.4) is 0 Å². The van der Waals surface area contributed by atoms with E-state index in [1.165, 1.54) is 42.4 Å². The van der Waals surface area contributed by atoms with E-state index in [1.54, 1.807) is 5.57 Å². The van der Waals surface area contributed by atoms with Crippen LogP contribution in [0.25, 0.3) is 0 Å². The topological polar surface area (TPSA) is 12.0 Å². The van der Waals surface area contributed by atoms with Gasteiger partial charge < -0.3 is 5.32 Å². The molecular formula is C16H23N. The molecule has 1 unspecified atom stereocenters. The average molecular weight is 229 g/mol. The molecule has 1 heteroatoms. The summed E-state index contributed by atoms with van der Waals surface area (Å²) in [5.74, 6) is 0. The molecule has 0 spiro atoms. The summed E-state index contributed by atoms with van der Waals surface area (Å²) in [4.78, 5) is 0. The third-order valence-corrected chi connectivity index (χ3v) is 3.56. The van der Waals surface area contributed by atoms with Crippen molar-refractivity contribution >= 4 is 0 Å². The van der Waals surface area contributed by atoms with Gasteiger partial charge in [0.05, 0.1) is 6.04 Å². The molecule has 0 heterocycles. The highest BCUT2D eigenvalue weighted by atomic mass is 14.9. The van der Waals surface area contributed by atoms with Gasteiger partial charge in [0, 0.05) is 0 Å². The van der Waals surface area contributed by atoms with Crippen molar-refractivity contribution in [2.75, 3.05) is 7.05 Å². The summed E-state index contributed by atoms with van der Waals surface area (Å²) in [5.41, 5.74) is 5.70. The highest BCUT2D eigenvalue weighted by molar-refractivity contribution is 5.35. The number of aryl methyl sites for hydroxylation is 2. The van der Waals surface area contributed by atoms with Gasteiger partial charge in [0.1, 0.15) is 0 Å². The van der Waals surface area contributed by atoms with Crippen molar-refractivity contribution in [3.63, 3.8) is 0 Å². The Bertz CT molecular complexity index is 397. The molecule has 1 aromatic rings. The average Bonchev–Trinajstić information content (AvgIpc) is 2.30. The van der Waals surface area contributed by atoms with Gasteiger partial charge in [-0.25, -0.2) is 0 Å². The van der Waals surface area contributed by atoms with Crippen LogP contribution in [0.5, 0.6) is 0 Å². The zero-order chi connectivity index (χ0) is 12.3. The molecule has 0 aliphatic heterocycles. The number of likely N-dealkylation sites (N-methyl/N-ethyl adjacent to an activating group) is 1. The van der Waals surface area contributed by atoms with Crippen LogP contribution in [0.2, 0.25) is 0 Å². The lowest BCUT2D eigenvalue weighted by atomic mass is 9.89. The molecule has 0 aromatic heterocycles. The fraction of sp³-hybridized carbons (Fsp3) is 0.500. The first-order chi connectivity index (χ1) is 8.20. The standard InChI is InChI=1S/C16H23N/c1-12-9-13(2)11-15(10-12)16(17-3)14-7-5-4-6-8-14/h7,9-11,16-17H,4-6,8H2,1-3H3. The monoisotopic (exact) mass is 229 g/mol. The fourth-order valence-electron chi connectivity index (χ4n) is 2.87. The normalized spacial score (nSPS) is 17.7. The summed E-state index contributed by atoms with van der Waals surface area (Å²) in [5, 5.41) is 3.47. The summed E-state index contributed by atoms with van der Waals surface area (Å²) >= 11 is 0. The van der Waals surface area contributed by atoms with Gasteiger partial charge in [-0.05, 0) is 52.1 Å². The van der Waals surface area contributed by atoms with Crippen molar-refractivity contribution in [2.24, 2.45) is 0 Å². The predicted molar refractivity (Wildman–Crippen MR) is 74.3 cm³/mol. The Morgan fingerprint density at radius 2 is 1.76 bits per heavy atom. The van der Waals surface area contributed by atoms with Crippen molar-refractivity contribution in [1.29, 1.82) is 0 Å². The summed E-state index contributed by atoms with van der Waals surface area (Å²) in [6.07, 6.45) is 7.63. The lowest BCUT2D eigenvalue weighted by Crippen LogP contribution is -2.20. The lowest BCUT2D eigenvalue weighted by Gasteiger charge is -2.24. The molecule has 92 valence electrons. The third-order valence-electron chi connectivity index (χ3n) is 3.56. The summed E-state index contributed by atoms with van der Waals surface area (Å²) < 4.78 is 0. The Morgan fingerprint density at radius 1 is 1.06 bits per heavy atom. The van der Waals surface area contributed by atoms with Gasteiger partial charge in [-0.2, -0.15) is 0 Å². The third kappa shape index (κ3) is 2.98. The second-order valence-electron chi connectivity index (χ2n) is 5.17. The van der Waals surface area contributed by atoms with Gasteiger partial charge >= 0.3 is 0 Å². The summed E-state index contributed by atoms with van der Waals surface area (Å²) in [6, 6.07) is 7.27. The molecule has 1 aromatic carbocycles. The largest absolute Gasteiger partial charge is 0.310 e. The number of nitrogens with one attached hydrogen (secondary N) is 1. The van der Waals surface area contributed by atoms with E-state index in [9.17, 15) is 0 Å². The van der Waals surface area contributed by atoms with Crippen molar-refractivity contribution in [2.45, 2.75) is 45.6 Å². The van der Waals surface area contributed by atoms with Crippen LogP contribution in [0.15, 0.2) is 29.8 Å². The molecule has 0 saturated carbocycles. The van der Waals surface area contributed by atoms with Gasteiger partial charge in [-0.3, -0.25) is 0 Å². The van der Waals surface area contributed by atoms with Crippen LogP contribution in [0.1, 0.15) is 48.4 Å². The molecule has 1 nitrogen and oxygen atoms in total. The maximum Gasteiger partial charge on any atom is 0.0533 e. The van der Waals surface area contributed by atoms with Gasteiger partial charge in [0.2, 0.25) is 0 Å². The first-order valence-electron chi connectivity index (χ1n) is 6.65. The smallest absolute Gasteiger partial charge is 0.0533 e. The van der Waals surface area contributed by atoms with Crippen LogP contribution < -0.4 is 5.32 Å². The Balaban J connectivity index is 2.31. The second kappa shape index (κ2) is 5.50. The Morgan fingerprint density at radius 3 is 2.29 bits per heavy atom. The van der Waals surface area contributed by atoms with E-state index in [2.05, 4.69) is 50.5 Å². The quantitative estimate of drug-likeness (QED) is 0.771. The summed E-state index contributed by atoms with van der Waals surface area (Å²) in [6.45, 7) is 4.36. The molecule has 0 fully saturated rings. The first kappa shape index (κ1) is 12.4. The molecule has 0 bridgehead atoms. The molecule has 0 amide bonds. The number of benzene rings is 1. The van der Waals surface area contributed by atoms with E-state index in [4.69, 9.17) is 0 Å². The number of hydrogen-bond donors (Lipinski definition) is 1. The Hall–Kier alpha value is -1.08. The number of rotatable bonds is 3. The molecule has 0 radical (unpaired) electrons. The molecule has 0 saturated heterocycles. The first-order valence-corrected chi connectivity index (χ1v) is 6.65. The maximum atomic E-state index is 3.47. The van der Waals surface area contributed by atoms with E-state index in [1.807, 2.05) is 0 Å². The van der Waals surface area contributed by atoms with E-state index in [0.29, 0.717) is 6.04 Å². The molecule has 1 aliphatic rings. The molecular weight excluding hydrogens is 206 g/mol. The molecule has 1 atom stereocenters. The van der Waals surface area contributed by atoms with Crippen molar-refractivity contribution < 1.29 is 0 Å². The van der Waals surface area contributed by atoms with Crippen molar-refractivity contribution in [3.05, 3.63) is 46.5 Å². The minimum absolute atomic E-state index is 0.411. The maximum absolute atomic E-state index is 3.47.